The summed E-state index contributed by atoms with van der Waals surface area (Å²) in [5, 5.41) is 10.2. The van der Waals surface area contributed by atoms with Crippen LogP contribution in [0.15, 0.2) is 59.5 Å². The molecule has 2 aromatic rings. The van der Waals surface area contributed by atoms with Gasteiger partial charge < -0.3 is 0 Å². The number of aliphatic hydroxyl groups excluding tert-OH is 1. The fraction of sp³-hybridized carbons (Fsp3) is 0.294. The van der Waals surface area contributed by atoms with Crippen LogP contribution in [0.1, 0.15) is 19.4 Å². The van der Waals surface area contributed by atoms with Crippen LogP contribution in [0.5, 0.6) is 0 Å². The normalized spacial score (nSPS) is 17.0. The standard InChI is InChI=1S/C17H20O2SSe/c1-13-9-11-15(12-10-13)20(19)17(3,14(2)18)21-16-7-5-4-6-8-16/h4-12,14,18H,1-3H3/t14?,17?,20-/m0/s1. The van der Waals surface area contributed by atoms with Gasteiger partial charge in [0.05, 0.1) is 0 Å². The van der Waals surface area contributed by atoms with Crippen molar-refractivity contribution in [3.63, 3.8) is 0 Å². The summed E-state index contributed by atoms with van der Waals surface area (Å²) in [6.07, 6.45) is -0.639. The molecule has 0 saturated carbocycles. The van der Waals surface area contributed by atoms with E-state index in [4.69, 9.17) is 0 Å². The zero-order valence-electron chi connectivity index (χ0n) is 12.4. The van der Waals surface area contributed by atoms with Crippen LogP contribution in [-0.4, -0.2) is 34.0 Å². The number of aryl methyl sites for hydroxylation is 1. The molecule has 2 rings (SSSR count). The first-order chi connectivity index (χ1) is 9.93. The van der Waals surface area contributed by atoms with E-state index in [2.05, 4.69) is 0 Å². The van der Waals surface area contributed by atoms with Gasteiger partial charge >= 0.3 is 135 Å². The maximum absolute atomic E-state index is 13.0. The monoisotopic (exact) mass is 368 g/mol. The van der Waals surface area contributed by atoms with E-state index in [9.17, 15) is 9.32 Å². The molecule has 0 aliphatic carbocycles. The van der Waals surface area contributed by atoms with E-state index < -0.39 is 20.5 Å². The molecule has 0 heterocycles. The summed E-state index contributed by atoms with van der Waals surface area (Å²) in [7, 11) is -1.25. The van der Waals surface area contributed by atoms with Crippen LogP contribution in [0, 0.1) is 6.92 Å². The van der Waals surface area contributed by atoms with Gasteiger partial charge in [0, 0.05) is 0 Å². The van der Waals surface area contributed by atoms with E-state index >= 15 is 0 Å². The van der Waals surface area contributed by atoms with Gasteiger partial charge in [-0.3, -0.25) is 0 Å². The molecule has 0 aliphatic rings. The van der Waals surface area contributed by atoms with E-state index in [1.54, 1.807) is 6.92 Å². The molecule has 0 bridgehead atoms. The van der Waals surface area contributed by atoms with Gasteiger partial charge in [0.1, 0.15) is 0 Å². The van der Waals surface area contributed by atoms with Crippen LogP contribution in [0.25, 0.3) is 0 Å². The molecule has 0 aliphatic heterocycles. The third kappa shape index (κ3) is 3.83. The third-order valence-corrected chi connectivity index (χ3v) is 9.22. The van der Waals surface area contributed by atoms with Gasteiger partial charge in [-0.2, -0.15) is 0 Å². The Hall–Kier alpha value is -0.931. The average Bonchev–Trinajstić information content (AvgIpc) is 2.48. The first-order valence-corrected chi connectivity index (χ1v) is 9.70. The summed E-state index contributed by atoms with van der Waals surface area (Å²) in [6.45, 7) is 5.66. The Labute approximate surface area is 135 Å². The molecule has 2 nitrogen and oxygen atoms in total. The predicted octanol–water partition coefficient (Wildman–Crippen LogP) is 2.23. The molecule has 0 spiro atoms. The minimum atomic E-state index is -1.25. The SMILES string of the molecule is Cc1ccc([S@](=O)C(C)([Se]c2ccccc2)C(C)O)cc1. The van der Waals surface area contributed by atoms with E-state index in [0.717, 1.165) is 14.9 Å². The Balaban J connectivity index is 2.33. The number of benzene rings is 2. The molecule has 0 amide bonds. The second-order valence-electron chi connectivity index (χ2n) is 5.19. The van der Waals surface area contributed by atoms with Gasteiger partial charge in [-0.25, -0.2) is 0 Å². The van der Waals surface area contributed by atoms with Gasteiger partial charge in [-0.1, -0.05) is 0 Å². The van der Waals surface area contributed by atoms with Gasteiger partial charge in [0.25, 0.3) is 0 Å². The Morgan fingerprint density at radius 1 is 1.10 bits per heavy atom. The number of hydrogen-bond donors (Lipinski definition) is 1. The van der Waals surface area contributed by atoms with E-state index in [0.29, 0.717) is 0 Å². The molecule has 3 atom stereocenters. The van der Waals surface area contributed by atoms with Crippen LogP contribution < -0.4 is 4.46 Å². The van der Waals surface area contributed by atoms with Crippen LogP contribution in [0.3, 0.4) is 0 Å². The van der Waals surface area contributed by atoms with Gasteiger partial charge in [-0.15, -0.1) is 0 Å². The molecule has 1 N–H and O–H groups in total. The summed E-state index contributed by atoms with van der Waals surface area (Å²) in [4.78, 5) is 0.779. The summed E-state index contributed by atoms with van der Waals surface area (Å²) in [5.41, 5.74) is 1.14. The van der Waals surface area contributed by atoms with Crippen molar-refractivity contribution in [1.82, 2.24) is 0 Å². The molecular formula is C17H20O2SSe. The van der Waals surface area contributed by atoms with Gasteiger partial charge in [0.15, 0.2) is 0 Å². The zero-order valence-corrected chi connectivity index (χ0v) is 15.0. The zero-order chi connectivity index (χ0) is 15.5. The van der Waals surface area contributed by atoms with Crippen molar-refractivity contribution in [2.75, 3.05) is 0 Å². The van der Waals surface area contributed by atoms with Crippen LogP contribution >= 0.6 is 0 Å². The van der Waals surface area contributed by atoms with Crippen LogP contribution in [0.4, 0.5) is 0 Å². The second-order valence-corrected chi connectivity index (χ2v) is 10.8. The first kappa shape index (κ1) is 16.4. The molecule has 112 valence electrons. The maximum atomic E-state index is 13.0. The number of hydrogen-bond acceptors (Lipinski definition) is 2. The topological polar surface area (TPSA) is 37.3 Å². The number of rotatable bonds is 5. The Bertz CT molecular complexity index is 610. The van der Waals surface area contributed by atoms with Crippen molar-refractivity contribution in [1.29, 1.82) is 0 Å². The summed E-state index contributed by atoms with van der Waals surface area (Å²) in [6, 6.07) is 17.7. The van der Waals surface area contributed by atoms with E-state index in [1.807, 2.05) is 68.4 Å². The summed E-state index contributed by atoms with van der Waals surface area (Å²) >= 11 is -0.0851. The van der Waals surface area contributed by atoms with E-state index in [1.165, 1.54) is 0 Å². The van der Waals surface area contributed by atoms with Crippen molar-refractivity contribution in [2.45, 2.75) is 35.4 Å². The van der Waals surface area contributed by atoms with Crippen molar-refractivity contribution in [3.8, 4) is 0 Å². The quantitative estimate of drug-likeness (QED) is 0.823. The Kier molecular flexibility index (Phi) is 5.39. The second kappa shape index (κ2) is 6.89. The Morgan fingerprint density at radius 2 is 1.67 bits per heavy atom. The first-order valence-electron chi connectivity index (χ1n) is 6.84. The average molecular weight is 367 g/mol. The molecule has 4 heteroatoms. The van der Waals surface area contributed by atoms with Gasteiger partial charge in [0.2, 0.25) is 0 Å². The predicted molar refractivity (Wildman–Crippen MR) is 89.5 cm³/mol. The summed E-state index contributed by atoms with van der Waals surface area (Å²) < 4.78 is 13.5. The van der Waals surface area contributed by atoms with Crippen molar-refractivity contribution in [3.05, 3.63) is 60.2 Å². The molecule has 2 unspecified atom stereocenters. The molecule has 0 aromatic heterocycles. The molecule has 0 fully saturated rings. The van der Waals surface area contributed by atoms with Crippen LogP contribution in [-0.2, 0) is 10.8 Å². The van der Waals surface area contributed by atoms with Crippen molar-refractivity contribution < 1.29 is 9.32 Å². The molecule has 2 aromatic carbocycles. The van der Waals surface area contributed by atoms with Crippen molar-refractivity contribution in [2.24, 2.45) is 0 Å². The number of aliphatic hydroxyl groups is 1. The molecule has 0 radical (unpaired) electrons. The van der Waals surface area contributed by atoms with Gasteiger partial charge in [-0.05, 0) is 0 Å². The third-order valence-electron chi connectivity index (χ3n) is 3.43. The minimum absolute atomic E-state index is 0.0851. The summed E-state index contributed by atoms with van der Waals surface area (Å²) in [5.74, 6) is 0. The van der Waals surface area contributed by atoms with Crippen molar-refractivity contribution >= 4 is 30.2 Å². The Morgan fingerprint density at radius 3 is 2.19 bits per heavy atom. The fourth-order valence-electron chi connectivity index (χ4n) is 1.90. The van der Waals surface area contributed by atoms with E-state index in [-0.39, 0.29) is 15.0 Å². The molecule has 21 heavy (non-hydrogen) atoms. The molecule has 0 saturated heterocycles. The van der Waals surface area contributed by atoms with Crippen LogP contribution in [0.2, 0.25) is 0 Å². The molecular weight excluding hydrogens is 347 g/mol. The fourth-order valence-corrected chi connectivity index (χ4v) is 6.67.